The summed E-state index contributed by atoms with van der Waals surface area (Å²) in [5, 5.41) is 0. The summed E-state index contributed by atoms with van der Waals surface area (Å²) in [6, 6.07) is 0.492. The first-order valence-corrected chi connectivity index (χ1v) is 10.6. The van der Waals surface area contributed by atoms with Crippen molar-refractivity contribution in [3.8, 4) is 0 Å². The summed E-state index contributed by atoms with van der Waals surface area (Å²) < 4.78 is 8.01. The molecule has 1 saturated carbocycles. The Kier molecular flexibility index (Phi) is 5.63. The second-order valence-corrected chi connectivity index (χ2v) is 8.48. The molecule has 3 aliphatic rings. The second-order valence-electron chi connectivity index (χ2n) is 8.48. The molecule has 0 N–H and O–H groups in total. The van der Waals surface area contributed by atoms with Gasteiger partial charge in [-0.25, -0.2) is 4.98 Å². The number of aryl methyl sites for hydroxylation is 1. The van der Waals surface area contributed by atoms with E-state index in [1.54, 1.807) is 0 Å². The SMILES string of the molecule is Cc1cnc(C2CCOCC2)n1C1CCN(C(=O)CC2CCCC2)CC1. The van der Waals surface area contributed by atoms with Gasteiger partial charge in [0.05, 0.1) is 0 Å². The van der Waals surface area contributed by atoms with Crippen molar-refractivity contribution < 1.29 is 9.53 Å². The van der Waals surface area contributed by atoms with E-state index in [1.165, 1.54) is 37.2 Å². The van der Waals surface area contributed by atoms with Crippen molar-refractivity contribution >= 4 is 5.91 Å². The summed E-state index contributed by atoms with van der Waals surface area (Å²) in [5.41, 5.74) is 1.27. The molecule has 3 heterocycles. The Balaban J connectivity index is 1.37. The van der Waals surface area contributed by atoms with E-state index < -0.39 is 0 Å². The van der Waals surface area contributed by atoms with Crippen LogP contribution in [0.5, 0.6) is 0 Å². The number of ether oxygens (including phenoxy) is 1. The molecule has 26 heavy (non-hydrogen) atoms. The molecule has 4 rings (SSSR count). The van der Waals surface area contributed by atoms with Crippen LogP contribution < -0.4 is 0 Å². The Hall–Kier alpha value is -1.36. The molecular formula is C21H33N3O2. The lowest BCUT2D eigenvalue weighted by Crippen LogP contribution is -2.40. The molecule has 3 fully saturated rings. The molecule has 0 atom stereocenters. The average molecular weight is 360 g/mol. The zero-order valence-corrected chi connectivity index (χ0v) is 16.2. The number of carbonyl (C=O) groups is 1. The van der Waals surface area contributed by atoms with Gasteiger partial charge >= 0.3 is 0 Å². The zero-order chi connectivity index (χ0) is 17.9. The molecule has 5 heteroatoms. The third-order valence-electron chi connectivity index (χ3n) is 6.72. The number of rotatable bonds is 4. The highest BCUT2D eigenvalue weighted by Gasteiger charge is 2.30. The molecule has 144 valence electrons. The minimum atomic E-state index is 0.391. The number of amides is 1. The van der Waals surface area contributed by atoms with Crippen molar-refractivity contribution in [2.45, 2.75) is 76.7 Å². The largest absolute Gasteiger partial charge is 0.381 e. The van der Waals surface area contributed by atoms with Gasteiger partial charge in [-0.15, -0.1) is 0 Å². The van der Waals surface area contributed by atoms with Crippen molar-refractivity contribution in [1.29, 1.82) is 0 Å². The Morgan fingerprint density at radius 1 is 1.12 bits per heavy atom. The van der Waals surface area contributed by atoms with Crippen LogP contribution in [0.1, 0.15) is 81.3 Å². The highest BCUT2D eigenvalue weighted by molar-refractivity contribution is 5.76. The van der Waals surface area contributed by atoms with Crippen LogP contribution in [0.2, 0.25) is 0 Å². The van der Waals surface area contributed by atoms with E-state index >= 15 is 0 Å². The van der Waals surface area contributed by atoms with E-state index in [0.29, 0.717) is 23.8 Å². The lowest BCUT2D eigenvalue weighted by molar-refractivity contribution is -0.133. The summed E-state index contributed by atoms with van der Waals surface area (Å²) in [6.07, 6.45) is 12.2. The predicted molar refractivity (Wildman–Crippen MR) is 101 cm³/mol. The van der Waals surface area contributed by atoms with Crippen LogP contribution in [0, 0.1) is 12.8 Å². The fourth-order valence-corrected chi connectivity index (χ4v) is 5.16. The molecule has 0 unspecified atom stereocenters. The molecule has 0 spiro atoms. The smallest absolute Gasteiger partial charge is 0.222 e. The van der Waals surface area contributed by atoms with Gasteiger partial charge in [0.2, 0.25) is 5.91 Å². The average Bonchev–Trinajstić information content (AvgIpc) is 3.32. The Labute approximate surface area is 157 Å². The number of hydrogen-bond donors (Lipinski definition) is 0. The molecule has 1 aliphatic carbocycles. The number of aromatic nitrogens is 2. The molecule has 2 aliphatic heterocycles. The van der Waals surface area contributed by atoms with Crippen molar-refractivity contribution in [1.82, 2.24) is 14.5 Å². The fraction of sp³-hybridized carbons (Fsp3) is 0.810. The highest BCUT2D eigenvalue weighted by atomic mass is 16.5. The molecule has 1 aromatic rings. The van der Waals surface area contributed by atoms with E-state index in [-0.39, 0.29) is 0 Å². The number of hydrogen-bond acceptors (Lipinski definition) is 3. The molecule has 0 bridgehead atoms. The van der Waals surface area contributed by atoms with Gasteiger partial charge in [0.25, 0.3) is 0 Å². The maximum Gasteiger partial charge on any atom is 0.222 e. The summed E-state index contributed by atoms with van der Waals surface area (Å²) in [7, 11) is 0. The van der Waals surface area contributed by atoms with Gasteiger partial charge in [-0.1, -0.05) is 12.8 Å². The van der Waals surface area contributed by atoms with Crippen molar-refractivity contribution in [3.05, 3.63) is 17.7 Å². The number of likely N-dealkylation sites (tertiary alicyclic amines) is 1. The number of imidazole rings is 1. The Morgan fingerprint density at radius 3 is 2.50 bits per heavy atom. The summed E-state index contributed by atoms with van der Waals surface area (Å²) in [6.45, 7) is 5.69. The van der Waals surface area contributed by atoms with Crippen molar-refractivity contribution in [2.24, 2.45) is 5.92 Å². The maximum absolute atomic E-state index is 12.6. The highest BCUT2D eigenvalue weighted by Crippen LogP contribution is 2.33. The molecule has 5 nitrogen and oxygen atoms in total. The number of carbonyl (C=O) groups excluding carboxylic acids is 1. The minimum Gasteiger partial charge on any atom is -0.381 e. The van der Waals surface area contributed by atoms with Gasteiger partial charge in [0.1, 0.15) is 5.82 Å². The van der Waals surface area contributed by atoms with E-state index in [1.807, 2.05) is 6.20 Å². The lowest BCUT2D eigenvalue weighted by Gasteiger charge is -2.35. The monoisotopic (exact) mass is 359 g/mol. The summed E-state index contributed by atoms with van der Waals surface area (Å²) >= 11 is 0. The van der Waals surface area contributed by atoms with E-state index in [4.69, 9.17) is 9.72 Å². The van der Waals surface area contributed by atoms with Crippen LogP contribution in [0.3, 0.4) is 0 Å². The van der Waals surface area contributed by atoms with Gasteiger partial charge in [-0.3, -0.25) is 4.79 Å². The van der Waals surface area contributed by atoms with Crippen LogP contribution in [0.25, 0.3) is 0 Å². The van der Waals surface area contributed by atoms with Crippen molar-refractivity contribution in [2.75, 3.05) is 26.3 Å². The standard InChI is InChI=1S/C21H33N3O2/c1-16-15-22-21(18-8-12-26-13-9-18)24(16)19-6-10-23(11-7-19)20(25)14-17-4-2-3-5-17/h15,17-19H,2-14H2,1H3. The van der Waals surface area contributed by atoms with Gasteiger partial charge in [-0.2, -0.15) is 0 Å². The maximum atomic E-state index is 12.6. The van der Waals surface area contributed by atoms with Crippen molar-refractivity contribution in [3.63, 3.8) is 0 Å². The van der Waals surface area contributed by atoms with Gasteiger partial charge in [0, 0.05) is 56.6 Å². The van der Waals surface area contributed by atoms with Crippen LogP contribution in [-0.4, -0.2) is 46.7 Å². The number of piperidine rings is 1. The van der Waals surface area contributed by atoms with Crippen LogP contribution in [-0.2, 0) is 9.53 Å². The lowest BCUT2D eigenvalue weighted by atomic mass is 9.97. The van der Waals surface area contributed by atoms with Crippen LogP contribution >= 0.6 is 0 Å². The Morgan fingerprint density at radius 2 is 1.81 bits per heavy atom. The van der Waals surface area contributed by atoms with Gasteiger partial charge in [0.15, 0.2) is 0 Å². The normalized spacial score (nSPS) is 23.7. The summed E-state index contributed by atoms with van der Waals surface area (Å²) in [5.74, 6) is 2.82. The van der Waals surface area contributed by atoms with E-state index in [2.05, 4.69) is 16.4 Å². The first-order chi connectivity index (χ1) is 12.7. The first kappa shape index (κ1) is 18.0. The first-order valence-electron chi connectivity index (χ1n) is 10.6. The minimum absolute atomic E-state index is 0.391. The van der Waals surface area contributed by atoms with E-state index in [9.17, 15) is 4.79 Å². The molecular weight excluding hydrogens is 326 g/mol. The van der Waals surface area contributed by atoms with Crippen LogP contribution in [0.4, 0.5) is 0 Å². The molecule has 2 saturated heterocycles. The van der Waals surface area contributed by atoms with E-state index in [0.717, 1.165) is 58.4 Å². The molecule has 1 amide bonds. The zero-order valence-electron chi connectivity index (χ0n) is 16.2. The fourth-order valence-electron chi connectivity index (χ4n) is 5.16. The third-order valence-corrected chi connectivity index (χ3v) is 6.72. The number of nitrogens with zero attached hydrogens (tertiary/aromatic N) is 3. The quantitative estimate of drug-likeness (QED) is 0.821. The third kappa shape index (κ3) is 3.83. The molecule has 0 aromatic carbocycles. The Bertz CT molecular complexity index is 607. The molecule has 1 aromatic heterocycles. The second kappa shape index (κ2) is 8.12. The predicted octanol–water partition coefficient (Wildman–Crippen LogP) is 3.83. The van der Waals surface area contributed by atoms with Crippen LogP contribution in [0.15, 0.2) is 6.20 Å². The molecule has 0 radical (unpaired) electrons. The van der Waals surface area contributed by atoms with Gasteiger partial charge < -0.3 is 14.2 Å². The summed E-state index contributed by atoms with van der Waals surface area (Å²) in [4.78, 5) is 19.5. The van der Waals surface area contributed by atoms with Gasteiger partial charge in [-0.05, 0) is 51.4 Å². The topological polar surface area (TPSA) is 47.4 Å².